The second kappa shape index (κ2) is 13.3. The zero-order valence-electron chi connectivity index (χ0n) is 22.3. The molecule has 1 heterocycles. The molecule has 1 aromatic heterocycles. The van der Waals surface area contributed by atoms with Gasteiger partial charge in [-0.15, -0.1) is 0 Å². The van der Waals surface area contributed by atoms with Gasteiger partial charge >= 0.3 is 0 Å². The number of aryl methyl sites for hydroxylation is 1. The van der Waals surface area contributed by atoms with E-state index in [1.54, 1.807) is 20.4 Å². The van der Waals surface area contributed by atoms with Crippen LogP contribution in [0.2, 0.25) is 5.02 Å². The highest BCUT2D eigenvalue weighted by Crippen LogP contribution is 2.37. The summed E-state index contributed by atoms with van der Waals surface area (Å²) in [6.45, 7) is 1.55. The molecule has 2 aromatic rings. The number of fused-ring (bicyclic) bond motifs is 1. The third kappa shape index (κ3) is 7.69. The van der Waals surface area contributed by atoms with Gasteiger partial charge in [0.1, 0.15) is 10.8 Å². The standard InChI is InChI=1S/C26H39ClN6O4S/c1-36-15-14-28-18-10-8-17-9-13-23(24(37-2)19(17)12-11-18)31-26-29-16-20(27)25(32-26)30-21-6-4-5-7-22(21)33-38(3,34)35/h9,13,16,18,21-22,28,33H,4-8,10-12,14-15H2,1-3H3,(H2,29,30,31,32)/t18-,21-,22?/m1/s1. The van der Waals surface area contributed by atoms with Crippen molar-refractivity contribution >= 4 is 39.1 Å². The summed E-state index contributed by atoms with van der Waals surface area (Å²) in [5, 5.41) is 10.6. The van der Waals surface area contributed by atoms with E-state index in [0.717, 1.165) is 69.3 Å². The van der Waals surface area contributed by atoms with Gasteiger partial charge in [-0.1, -0.05) is 30.5 Å². The first-order chi connectivity index (χ1) is 18.3. The van der Waals surface area contributed by atoms with Gasteiger partial charge in [-0.2, -0.15) is 4.98 Å². The number of aromatic nitrogens is 2. The van der Waals surface area contributed by atoms with Crippen molar-refractivity contribution in [2.24, 2.45) is 0 Å². The minimum Gasteiger partial charge on any atom is -0.494 e. The molecule has 1 unspecified atom stereocenters. The van der Waals surface area contributed by atoms with Crippen molar-refractivity contribution < 1.29 is 17.9 Å². The number of hydrogen-bond acceptors (Lipinski definition) is 9. The summed E-state index contributed by atoms with van der Waals surface area (Å²) in [7, 11) is 0.0798. The largest absolute Gasteiger partial charge is 0.494 e. The highest BCUT2D eigenvalue weighted by atomic mass is 35.5. The molecule has 3 atom stereocenters. The molecule has 1 fully saturated rings. The Morgan fingerprint density at radius 1 is 1.08 bits per heavy atom. The number of benzene rings is 1. The highest BCUT2D eigenvalue weighted by molar-refractivity contribution is 7.88. The Hall–Kier alpha value is -2.18. The van der Waals surface area contributed by atoms with Gasteiger partial charge in [0.25, 0.3) is 0 Å². The van der Waals surface area contributed by atoms with Crippen LogP contribution in [0.15, 0.2) is 18.3 Å². The van der Waals surface area contributed by atoms with E-state index in [4.69, 9.17) is 21.1 Å². The number of anilines is 3. The van der Waals surface area contributed by atoms with Gasteiger partial charge < -0.3 is 25.4 Å². The van der Waals surface area contributed by atoms with Crippen LogP contribution >= 0.6 is 11.6 Å². The van der Waals surface area contributed by atoms with Crippen LogP contribution in [0.5, 0.6) is 5.75 Å². The number of halogens is 1. The van der Waals surface area contributed by atoms with Crippen LogP contribution in [-0.4, -0.2) is 70.1 Å². The summed E-state index contributed by atoms with van der Waals surface area (Å²) in [6, 6.07) is 4.25. The van der Waals surface area contributed by atoms with E-state index in [9.17, 15) is 8.42 Å². The number of ether oxygens (including phenoxy) is 2. The molecule has 2 aliphatic rings. The van der Waals surface area contributed by atoms with Crippen molar-refractivity contribution in [3.63, 3.8) is 0 Å². The van der Waals surface area contributed by atoms with E-state index in [2.05, 4.69) is 36.7 Å². The lowest BCUT2D eigenvalue weighted by Crippen LogP contribution is -2.48. The monoisotopic (exact) mass is 566 g/mol. The SMILES string of the molecule is COCCN[C@@H]1CCc2ccc(Nc3ncc(Cl)c(N[C@@H]4CCCCC4NS(C)(=O)=O)n3)c(OC)c2CC1. The molecule has 210 valence electrons. The summed E-state index contributed by atoms with van der Waals surface area (Å²) in [4.78, 5) is 9.02. The van der Waals surface area contributed by atoms with Crippen molar-refractivity contribution in [3.8, 4) is 5.75 Å². The lowest BCUT2D eigenvalue weighted by Gasteiger charge is -2.32. The molecule has 2 aliphatic carbocycles. The number of rotatable bonds is 11. The lowest BCUT2D eigenvalue weighted by atomic mass is 9.91. The van der Waals surface area contributed by atoms with Gasteiger partial charge in [0, 0.05) is 31.8 Å². The van der Waals surface area contributed by atoms with Crippen molar-refractivity contribution in [2.75, 3.05) is 44.3 Å². The Kier molecular flexibility index (Phi) is 10.1. The zero-order valence-corrected chi connectivity index (χ0v) is 23.9. The summed E-state index contributed by atoms with van der Waals surface area (Å²) in [5.74, 6) is 1.65. The number of methoxy groups -OCH3 is 2. The van der Waals surface area contributed by atoms with Gasteiger partial charge in [0.2, 0.25) is 16.0 Å². The summed E-state index contributed by atoms with van der Waals surface area (Å²) >= 11 is 6.44. The predicted octanol–water partition coefficient (Wildman–Crippen LogP) is 3.64. The molecule has 0 saturated heterocycles. The minimum absolute atomic E-state index is 0.119. The first-order valence-electron chi connectivity index (χ1n) is 13.2. The lowest BCUT2D eigenvalue weighted by molar-refractivity contribution is 0.194. The van der Waals surface area contributed by atoms with Crippen LogP contribution in [0, 0.1) is 0 Å². The molecule has 12 heteroatoms. The Bertz CT molecular complexity index is 1200. The topological polar surface area (TPSA) is 126 Å². The van der Waals surface area contributed by atoms with E-state index >= 15 is 0 Å². The first-order valence-corrected chi connectivity index (χ1v) is 15.5. The van der Waals surface area contributed by atoms with Crippen LogP contribution in [0.1, 0.15) is 49.7 Å². The molecular weight excluding hydrogens is 528 g/mol. The Labute approximate surface area is 230 Å². The predicted molar refractivity (Wildman–Crippen MR) is 151 cm³/mol. The zero-order chi connectivity index (χ0) is 27.1. The van der Waals surface area contributed by atoms with Crippen molar-refractivity contribution in [1.29, 1.82) is 0 Å². The quantitative estimate of drug-likeness (QED) is 0.238. The maximum absolute atomic E-state index is 11.9. The molecular formula is C26H39ClN6O4S. The smallest absolute Gasteiger partial charge is 0.229 e. The van der Waals surface area contributed by atoms with Gasteiger partial charge in [0.15, 0.2) is 5.82 Å². The molecule has 0 aliphatic heterocycles. The maximum atomic E-state index is 11.9. The second-order valence-electron chi connectivity index (χ2n) is 10.1. The first kappa shape index (κ1) is 28.8. The molecule has 10 nitrogen and oxygen atoms in total. The second-order valence-corrected chi connectivity index (χ2v) is 12.2. The number of nitrogens with one attached hydrogen (secondary N) is 4. The molecule has 4 N–H and O–H groups in total. The molecule has 0 amide bonds. The summed E-state index contributed by atoms with van der Waals surface area (Å²) in [6.07, 6.45) is 10.3. The van der Waals surface area contributed by atoms with Crippen LogP contribution in [0.4, 0.5) is 17.5 Å². The van der Waals surface area contributed by atoms with Crippen molar-refractivity contribution in [1.82, 2.24) is 20.0 Å². The normalized spacial score (nSPS) is 21.8. The highest BCUT2D eigenvalue weighted by Gasteiger charge is 2.28. The Balaban J connectivity index is 1.50. The van der Waals surface area contributed by atoms with E-state index in [1.165, 1.54) is 17.4 Å². The number of sulfonamides is 1. The van der Waals surface area contributed by atoms with Gasteiger partial charge in [-0.3, -0.25) is 0 Å². The fourth-order valence-corrected chi connectivity index (χ4v) is 6.39. The van der Waals surface area contributed by atoms with Gasteiger partial charge in [-0.25, -0.2) is 18.1 Å². The molecule has 0 spiro atoms. The third-order valence-electron chi connectivity index (χ3n) is 7.25. The van der Waals surface area contributed by atoms with Gasteiger partial charge in [0.05, 0.1) is 31.9 Å². The third-order valence-corrected chi connectivity index (χ3v) is 8.26. The van der Waals surface area contributed by atoms with E-state index in [-0.39, 0.29) is 12.1 Å². The molecule has 0 radical (unpaired) electrons. The van der Waals surface area contributed by atoms with Crippen molar-refractivity contribution in [2.45, 2.75) is 69.5 Å². The number of nitrogens with zero attached hydrogens (tertiary/aromatic N) is 2. The minimum atomic E-state index is -3.33. The molecule has 1 saturated carbocycles. The van der Waals surface area contributed by atoms with Gasteiger partial charge in [-0.05, 0) is 55.7 Å². The molecule has 38 heavy (non-hydrogen) atoms. The fourth-order valence-electron chi connectivity index (χ4n) is 5.41. The fraction of sp³-hybridized carbons (Fsp3) is 0.615. The van der Waals surface area contributed by atoms with Crippen molar-refractivity contribution in [3.05, 3.63) is 34.5 Å². The Morgan fingerprint density at radius 3 is 2.58 bits per heavy atom. The van der Waals surface area contributed by atoms with Crippen LogP contribution < -0.4 is 25.4 Å². The van der Waals surface area contributed by atoms with Crippen LogP contribution in [0.25, 0.3) is 0 Å². The average molecular weight is 567 g/mol. The van der Waals surface area contributed by atoms with Crippen LogP contribution in [0.3, 0.4) is 0 Å². The molecule has 1 aromatic carbocycles. The average Bonchev–Trinajstić information content (AvgIpc) is 3.09. The van der Waals surface area contributed by atoms with E-state index < -0.39 is 10.0 Å². The molecule has 0 bridgehead atoms. The molecule has 4 rings (SSSR count). The van der Waals surface area contributed by atoms with Crippen LogP contribution in [-0.2, 0) is 27.6 Å². The van der Waals surface area contributed by atoms with E-state index in [0.29, 0.717) is 29.4 Å². The maximum Gasteiger partial charge on any atom is 0.229 e. The summed E-state index contributed by atoms with van der Waals surface area (Å²) < 4.78 is 37.5. The van der Waals surface area contributed by atoms with E-state index in [1.807, 2.05) is 6.07 Å². The Morgan fingerprint density at radius 2 is 1.84 bits per heavy atom. The summed E-state index contributed by atoms with van der Waals surface area (Å²) in [5.41, 5.74) is 3.29. The number of hydrogen-bond donors (Lipinski definition) is 4.